The Kier molecular flexibility index (Phi) is 11.1. The van der Waals surface area contributed by atoms with E-state index in [0.29, 0.717) is 23.6 Å². The van der Waals surface area contributed by atoms with Gasteiger partial charge in [0, 0.05) is 67.5 Å². The molecule has 0 radical (unpaired) electrons. The van der Waals surface area contributed by atoms with Crippen LogP contribution in [0, 0.1) is 0 Å². The van der Waals surface area contributed by atoms with E-state index in [-0.39, 0.29) is 0 Å². The summed E-state index contributed by atoms with van der Waals surface area (Å²) < 4.78 is 12.2. The molecular weight excluding hydrogens is 865 g/mol. The van der Waals surface area contributed by atoms with Gasteiger partial charge in [0.2, 0.25) is 23.6 Å². The Hall–Kier alpha value is -9.54. The summed E-state index contributed by atoms with van der Waals surface area (Å²) in [6, 6.07) is 72.0. The highest BCUT2D eigenvalue weighted by atomic mass is 16.4. The van der Waals surface area contributed by atoms with Gasteiger partial charge in [0.1, 0.15) is 0 Å². The summed E-state index contributed by atoms with van der Waals surface area (Å²) in [5.41, 5.74) is 14.6. The Labute approximate surface area is 404 Å². The van der Waals surface area contributed by atoms with Crippen molar-refractivity contribution in [3.63, 3.8) is 0 Å². The Bertz CT molecular complexity index is 3630. The number of aromatic nitrogens is 6. The molecule has 70 heavy (non-hydrogen) atoms. The molecular formula is C60H42N8O2. The van der Waals surface area contributed by atoms with Crippen molar-refractivity contribution in [2.75, 3.05) is 9.80 Å². The molecule has 0 atom stereocenters. The molecule has 3 aromatic heterocycles. The first-order valence-electron chi connectivity index (χ1n) is 23.2. The molecule has 10 heteroatoms. The zero-order valence-corrected chi connectivity index (χ0v) is 37.7. The Morgan fingerprint density at radius 3 is 1.07 bits per heavy atom. The normalized spacial score (nSPS) is 12.2. The summed E-state index contributed by atoms with van der Waals surface area (Å²) in [7, 11) is 0. The quantitative estimate of drug-likeness (QED) is 0.117. The van der Waals surface area contributed by atoms with Crippen molar-refractivity contribution in [2.45, 2.75) is 12.8 Å². The minimum Gasteiger partial charge on any atom is -0.416 e. The maximum Gasteiger partial charge on any atom is 0.248 e. The Morgan fingerprint density at radius 2 is 0.657 bits per heavy atom. The van der Waals surface area contributed by atoms with Crippen molar-refractivity contribution in [1.29, 1.82) is 0 Å². The van der Waals surface area contributed by atoms with Crippen LogP contribution in [0.25, 0.3) is 73.5 Å². The molecule has 12 rings (SSSR count). The number of rotatable bonds is 12. The van der Waals surface area contributed by atoms with E-state index in [9.17, 15) is 0 Å². The van der Waals surface area contributed by atoms with Crippen molar-refractivity contribution in [2.24, 2.45) is 0 Å². The predicted octanol–water partition coefficient (Wildman–Crippen LogP) is 15.4. The van der Waals surface area contributed by atoms with Crippen LogP contribution in [0.1, 0.15) is 18.7 Å². The molecule has 8 aromatic carbocycles. The molecule has 1 aliphatic rings. The van der Waals surface area contributed by atoms with Crippen molar-refractivity contribution in [3.05, 3.63) is 236 Å². The van der Waals surface area contributed by atoms with Gasteiger partial charge in [-0.2, -0.15) is 0 Å². The number of allylic oxidation sites excluding steroid dienone is 4. The first kappa shape index (κ1) is 41.9. The van der Waals surface area contributed by atoms with Crippen molar-refractivity contribution in [3.8, 4) is 56.9 Å². The standard InChI is InChI=1S/C60H42N8O2/c1-5-15-43(16-6-1)57-63-65-59(69-57)45-29-37-51(38-30-45)67(47-19-9-3-10-20-47)49-33-25-41(26-34-49)55-56(62-54-24-14-13-23-53(54)61-55)42-27-35-50(36-28-42)68(48-21-11-4-12-22-48)52-39-31-46(32-40-52)60-66-64-58(70-60)44-17-7-2-8-18-44/h1,3-7,9-40H,2,8H2. The van der Waals surface area contributed by atoms with E-state index in [1.54, 1.807) is 0 Å². The number of para-hydroxylation sites is 4. The minimum absolute atomic E-state index is 0.462. The molecule has 0 unspecified atom stereocenters. The van der Waals surface area contributed by atoms with Gasteiger partial charge in [-0.25, -0.2) is 9.97 Å². The SMILES string of the molecule is C1=CC(c2nnc(-c3ccc(N(c4ccccc4)c4ccc(-c5nc6ccccc6nc5-c5ccc(N(c6ccccc6)c6ccc(-c7nnc(-c8ccccc8)o7)cc6)cc5)cc4)cc3)o2)=CCC1. The molecule has 10 nitrogen and oxygen atoms in total. The number of fused-ring (bicyclic) bond motifs is 1. The molecule has 0 bridgehead atoms. The fourth-order valence-corrected chi connectivity index (χ4v) is 8.76. The van der Waals surface area contributed by atoms with Gasteiger partial charge in [-0.3, -0.25) is 0 Å². The summed E-state index contributed by atoms with van der Waals surface area (Å²) in [4.78, 5) is 15.0. The fourth-order valence-electron chi connectivity index (χ4n) is 8.76. The van der Waals surface area contributed by atoms with Gasteiger partial charge in [0.15, 0.2) is 0 Å². The van der Waals surface area contributed by atoms with Gasteiger partial charge < -0.3 is 18.6 Å². The van der Waals surface area contributed by atoms with E-state index in [0.717, 1.165) is 103 Å². The molecule has 0 N–H and O–H groups in total. The first-order valence-corrected chi connectivity index (χ1v) is 23.2. The summed E-state index contributed by atoms with van der Waals surface area (Å²) >= 11 is 0. The summed E-state index contributed by atoms with van der Waals surface area (Å²) in [5, 5.41) is 17.3. The molecule has 0 amide bonds. The average Bonchev–Trinajstić information content (AvgIpc) is 4.15. The predicted molar refractivity (Wildman–Crippen MR) is 278 cm³/mol. The van der Waals surface area contributed by atoms with Crippen molar-refractivity contribution < 1.29 is 8.83 Å². The lowest BCUT2D eigenvalue weighted by atomic mass is 10.0. The smallest absolute Gasteiger partial charge is 0.248 e. The van der Waals surface area contributed by atoms with Crippen LogP contribution in [0.5, 0.6) is 0 Å². The second kappa shape index (κ2) is 18.6. The summed E-state index contributed by atoms with van der Waals surface area (Å²) in [6.07, 6.45) is 8.30. The monoisotopic (exact) mass is 906 g/mol. The topological polar surface area (TPSA) is 110 Å². The molecule has 3 heterocycles. The van der Waals surface area contributed by atoms with Gasteiger partial charge in [-0.15, -0.1) is 20.4 Å². The van der Waals surface area contributed by atoms with Crippen LogP contribution in [0.2, 0.25) is 0 Å². The minimum atomic E-state index is 0.462. The van der Waals surface area contributed by atoms with Crippen LogP contribution in [-0.2, 0) is 0 Å². The lowest BCUT2D eigenvalue weighted by Crippen LogP contribution is -2.10. The molecule has 1 aliphatic carbocycles. The third-order valence-electron chi connectivity index (χ3n) is 12.3. The second-order valence-electron chi connectivity index (χ2n) is 16.8. The maximum atomic E-state index is 6.11. The third-order valence-corrected chi connectivity index (χ3v) is 12.3. The molecule has 0 fully saturated rings. The van der Waals surface area contributed by atoms with E-state index in [1.165, 1.54) is 0 Å². The molecule has 0 aliphatic heterocycles. The zero-order valence-electron chi connectivity index (χ0n) is 37.7. The first-order chi connectivity index (χ1) is 34.7. The molecule has 334 valence electrons. The van der Waals surface area contributed by atoms with Gasteiger partial charge in [-0.05, 0) is 134 Å². The van der Waals surface area contributed by atoms with Crippen LogP contribution in [0.15, 0.2) is 239 Å². The van der Waals surface area contributed by atoms with E-state index < -0.39 is 0 Å². The van der Waals surface area contributed by atoms with Crippen LogP contribution in [-0.4, -0.2) is 30.4 Å². The van der Waals surface area contributed by atoms with E-state index in [4.69, 9.17) is 18.8 Å². The van der Waals surface area contributed by atoms with Crippen LogP contribution < -0.4 is 9.80 Å². The van der Waals surface area contributed by atoms with Crippen LogP contribution in [0.4, 0.5) is 34.1 Å². The number of hydrogen-bond acceptors (Lipinski definition) is 10. The number of nitrogens with zero attached hydrogens (tertiary/aromatic N) is 8. The number of hydrogen-bond donors (Lipinski definition) is 0. The summed E-state index contributed by atoms with van der Waals surface area (Å²) in [5.74, 6) is 1.96. The lowest BCUT2D eigenvalue weighted by Gasteiger charge is -2.26. The maximum absolute atomic E-state index is 6.11. The number of benzene rings is 8. The van der Waals surface area contributed by atoms with Crippen molar-refractivity contribution >= 4 is 50.7 Å². The van der Waals surface area contributed by atoms with Gasteiger partial charge >= 0.3 is 0 Å². The fraction of sp³-hybridized carbons (Fsp3) is 0.0333. The van der Waals surface area contributed by atoms with Gasteiger partial charge in [0.05, 0.1) is 22.4 Å². The number of anilines is 6. The van der Waals surface area contributed by atoms with Gasteiger partial charge in [0.25, 0.3) is 0 Å². The zero-order chi connectivity index (χ0) is 46.6. The third kappa shape index (κ3) is 8.41. The Morgan fingerprint density at radius 1 is 0.314 bits per heavy atom. The van der Waals surface area contributed by atoms with E-state index in [1.807, 2.05) is 109 Å². The molecule has 0 spiro atoms. The van der Waals surface area contributed by atoms with Crippen molar-refractivity contribution in [1.82, 2.24) is 30.4 Å². The van der Waals surface area contributed by atoms with Crippen LogP contribution >= 0.6 is 0 Å². The highest BCUT2D eigenvalue weighted by Gasteiger charge is 2.20. The van der Waals surface area contributed by atoms with E-state index in [2.05, 4.69) is 152 Å². The highest BCUT2D eigenvalue weighted by Crippen LogP contribution is 2.40. The molecule has 11 aromatic rings. The van der Waals surface area contributed by atoms with Crippen LogP contribution in [0.3, 0.4) is 0 Å². The largest absolute Gasteiger partial charge is 0.416 e. The summed E-state index contributed by atoms with van der Waals surface area (Å²) in [6.45, 7) is 0. The van der Waals surface area contributed by atoms with E-state index >= 15 is 0 Å². The Balaban J connectivity index is 0.856. The second-order valence-corrected chi connectivity index (χ2v) is 16.8. The van der Waals surface area contributed by atoms with Gasteiger partial charge in [-0.1, -0.05) is 109 Å². The highest BCUT2D eigenvalue weighted by molar-refractivity contribution is 5.88. The average molecular weight is 907 g/mol. The lowest BCUT2D eigenvalue weighted by molar-refractivity contribution is 0.554. The molecule has 0 saturated heterocycles. The molecule has 0 saturated carbocycles.